The molecule has 1 amide bonds. The van der Waals surface area contributed by atoms with Crippen molar-refractivity contribution in [3.8, 4) is 11.3 Å². The van der Waals surface area contributed by atoms with E-state index in [9.17, 15) is 19.7 Å². The fourth-order valence-electron chi connectivity index (χ4n) is 2.30. The number of benzene rings is 1. The summed E-state index contributed by atoms with van der Waals surface area (Å²) in [7, 11) is 1.50. The fourth-order valence-corrected chi connectivity index (χ4v) is 2.30. The van der Waals surface area contributed by atoms with Gasteiger partial charge in [0.25, 0.3) is 17.2 Å². The lowest BCUT2D eigenvalue weighted by Crippen LogP contribution is -2.27. The summed E-state index contributed by atoms with van der Waals surface area (Å²) in [6.07, 6.45) is 1.39. The average molecular weight is 375 g/mol. The molecular formula is C17H21N5O5. The van der Waals surface area contributed by atoms with E-state index in [2.05, 4.69) is 20.6 Å². The van der Waals surface area contributed by atoms with Crippen molar-refractivity contribution in [2.45, 2.75) is 19.9 Å². The first-order valence-corrected chi connectivity index (χ1v) is 8.24. The smallest absolute Gasteiger partial charge is 0.291 e. The number of nitro groups is 1. The van der Waals surface area contributed by atoms with E-state index in [1.165, 1.54) is 31.5 Å². The van der Waals surface area contributed by atoms with Crippen molar-refractivity contribution in [1.82, 2.24) is 15.3 Å². The maximum atomic E-state index is 12.2. The van der Waals surface area contributed by atoms with E-state index in [0.29, 0.717) is 12.2 Å². The van der Waals surface area contributed by atoms with E-state index in [0.717, 1.165) is 0 Å². The Morgan fingerprint density at radius 3 is 2.70 bits per heavy atom. The summed E-state index contributed by atoms with van der Waals surface area (Å²) in [6, 6.07) is 3.92. The summed E-state index contributed by atoms with van der Waals surface area (Å²) in [5.41, 5.74) is -0.0558. The van der Waals surface area contributed by atoms with Gasteiger partial charge in [-0.2, -0.15) is 0 Å². The minimum Gasteiger partial charge on any atom is -0.383 e. The Kier molecular flexibility index (Phi) is 6.61. The van der Waals surface area contributed by atoms with Crippen molar-refractivity contribution < 1.29 is 14.5 Å². The zero-order valence-electron chi connectivity index (χ0n) is 15.2. The number of carbonyl (C=O) groups is 1. The van der Waals surface area contributed by atoms with E-state index in [1.807, 2.05) is 13.8 Å². The SMILES string of the molecule is COCCNC(=O)c1cc(-c2cnc(NC(C)C)c(=O)[nH]2)cc([N+](=O)[O-])c1. The quantitative estimate of drug-likeness (QED) is 0.361. The second-order valence-electron chi connectivity index (χ2n) is 6.05. The van der Waals surface area contributed by atoms with Crippen molar-refractivity contribution in [2.24, 2.45) is 0 Å². The zero-order chi connectivity index (χ0) is 20.0. The predicted molar refractivity (Wildman–Crippen MR) is 99.9 cm³/mol. The first kappa shape index (κ1) is 20.0. The number of rotatable bonds is 8. The van der Waals surface area contributed by atoms with Crippen molar-refractivity contribution in [1.29, 1.82) is 0 Å². The zero-order valence-corrected chi connectivity index (χ0v) is 15.2. The van der Waals surface area contributed by atoms with Gasteiger partial charge >= 0.3 is 0 Å². The standard InChI is InChI=1S/C17H21N5O5/c1-10(2)20-15-17(24)21-14(9-19-15)11-6-12(8-13(7-11)22(25)26)16(23)18-4-5-27-3/h6-10H,4-5H2,1-3H3,(H,18,23)(H,19,20)(H,21,24). The van der Waals surface area contributed by atoms with Gasteiger partial charge in [0.1, 0.15) is 0 Å². The number of amides is 1. The van der Waals surface area contributed by atoms with E-state index < -0.39 is 16.4 Å². The molecule has 0 unspecified atom stereocenters. The monoisotopic (exact) mass is 375 g/mol. The first-order valence-electron chi connectivity index (χ1n) is 8.24. The lowest BCUT2D eigenvalue weighted by Gasteiger charge is -2.10. The number of non-ortho nitro benzene ring substituents is 1. The number of nitrogens with zero attached hydrogens (tertiary/aromatic N) is 2. The second kappa shape index (κ2) is 8.90. The Hall–Kier alpha value is -3.27. The fraction of sp³-hybridized carbons (Fsp3) is 0.353. The molecule has 0 aliphatic carbocycles. The Balaban J connectivity index is 2.41. The van der Waals surface area contributed by atoms with Crippen molar-refractivity contribution >= 4 is 17.4 Å². The summed E-state index contributed by atoms with van der Waals surface area (Å²) in [5, 5.41) is 16.7. The van der Waals surface area contributed by atoms with Crippen LogP contribution in [0.25, 0.3) is 11.3 Å². The molecule has 0 saturated heterocycles. The third-order valence-corrected chi connectivity index (χ3v) is 3.50. The van der Waals surface area contributed by atoms with Crippen LogP contribution in [-0.4, -0.2) is 47.1 Å². The molecule has 10 nitrogen and oxygen atoms in total. The summed E-state index contributed by atoms with van der Waals surface area (Å²) in [5.74, 6) is -0.331. The normalized spacial score (nSPS) is 10.7. The molecule has 0 saturated carbocycles. The molecule has 144 valence electrons. The third kappa shape index (κ3) is 5.35. The van der Waals surface area contributed by atoms with Gasteiger partial charge in [-0.15, -0.1) is 0 Å². The number of ether oxygens (including phenoxy) is 1. The molecule has 2 aromatic rings. The maximum absolute atomic E-state index is 12.2. The Bertz CT molecular complexity index is 894. The summed E-state index contributed by atoms with van der Waals surface area (Å²) in [6.45, 7) is 4.31. The number of methoxy groups -OCH3 is 1. The Morgan fingerprint density at radius 1 is 1.37 bits per heavy atom. The van der Waals surface area contributed by atoms with Gasteiger partial charge in [-0.05, 0) is 19.9 Å². The van der Waals surface area contributed by atoms with Gasteiger partial charge in [-0.3, -0.25) is 19.7 Å². The van der Waals surface area contributed by atoms with E-state index in [4.69, 9.17) is 4.74 Å². The van der Waals surface area contributed by atoms with Crippen LogP contribution in [0.5, 0.6) is 0 Å². The molecule has 10 heteroatoms. The summed E-state index contributed by atoms with van der Waals surface area (Å²) in [4.78, 5) is 41.7. The molecule has 3 N–H and O–H groups in total. The van der Waals surface area contributed by atoms with Gasteiger partial charge in [-0.1, -0.05) is 0 Å². The Labute approximate surface area is 155 Å². The number of anilines is 1. The molecular weight excluding hydrogens is 354 g/mol. The van der Waals surface area contributed by atoms with Crippen LogP contribution in [0.2, 0.25) is 0 Å². The molecule has 2 rings (SSSR count). The maximum Gasteiger partial charge on any atom is 0.291 e. The van der Waals surface area contributed by atoms with E-state index in [-0.39, 0.29) is 35.3 Å². The molecule has 0 fully saturated rings. The average Bonchev–Trinajstić information content (AvgIpc) is 2.62. The van der Waals surface area contributed by atoms with Gasteiger partial charge in [0.2, 0.25) is 0 Å². The minimum atomic E-state index is -0.602. The summed E-state index contributed by atoms with van der Waals surface area (Å²) >= 11 is 0. The highest BCUT2D eigenvalue weighted by atomic mass is 16.6. The van der Waals surface area contributed by atoms with Crippen LogP contribution >= 0.6 is 0 Å². The lowest BCUT2D eigenvalue weighted by atomic mass is 10.1. The number of nitrogens with one attached hydrogen (secondary N) is 3. The number of aromatic nitrogens is 2. The lowest BCUT2D eigenvalue weighted by molar-refractivity contribution is -0.384. The van der Waals surface area contributed by atoms with Crippen LogP contribution < -0.4 is 16.2 Å². The number of H-pyrrole nitrogens is 1. The highest BCUT2D eigenvalue weighted by Crippen LogP contribution is 2.24. The number of hydrogen-bond donors (Lipinski definition) is 3. The van der Waals surface area contributed by atoms with Gasteiger partial charge in [0.05, 0.1) is 23.4 Å². The number of hydrogen-bond acceptors (Lipinski definition) is 7. The number of nitro benzene ring substituents is 1. The predicted octanol–water partition coefficient (Wildman–Crippen LogP) is 1.54. The molecule has 27 heavy (non-hydrogen) atoms. The van der Waals surface area contributed by atoms with Crippen LogP contribution in [0.15, 0.2) is 29.2 Å². The van der Waals surface area contributed by atoms with Gasteiger partial charge < -0.3 is 20.4 Å². The number of carbonyl (C=O) groups excluding carboxylic acids is 1. The van der Waals surface area contributed by atoms with Crippen LogP contribution in [-0.2, 0) is 4.74 Å². The molecule has 0 spiro atoms. The first-order chi connectivity index (χ1) is 12.8. The van der Waals surface area contributed by atoms with Gasteiger partial charge in [0.15, 0.2) is 5.82 Å². The minimum absolute atomic E-state index is 0.0182. The third-order valence-electron chi connectivity index (χ3n) is 3.50. The largest absolute Gasteiger partial charge is 0.383 e. The molecule has 0 aliphatic heterocycles. The van der Waals surface area contributed by atoms with Gasteiger partial charge in [-0.25, -0.2) is 4.98 Å². The van der Waals surface area contributed by atoms with E-state index in [1.54, 1.807) is 0 Å². The molecule has 0 bridgehead atoms. The molecule has 0 radical (unpaired) electrons. The molecule has 1 heterocycles. The van der Waals surface area contributed by atoms with E-state index >= 15 is 0 Å². The van der Waals surface area contributed by atoms with Crippen molar-refractivity contribution in [2.75, 3.05) is 25.6 Å². The van der Waals surface area contributed by atoms with Crippen LogP contribution in [0.3, 0.4) is 0 Å². The number of aromatic amines is 1. The molecule has 1 aromatic carbocycles. The highest BCUT2D eigenvalue weighted by Gasteiger charge is 2.16. The van der Waals surface area contributed by atoms with Crippen LogP contribution in [0.1, 0.15) is 24.2 Å². The summed E-state index contributed by atoms with van der Waals surface area (Å²) < 4.78 is 4.86. The molecule has 0 atom stereocenters. The van der Waals surface area contributed by atoms with Crippen molar-refractivity contribution in [3.63, 3.8) is 0 Å². The van der Waals surface area contributed by atoms with Gasteiger partial charge in [0, 0.05) is 43.0 Å². The Morgan fingerprint density at radius 2 is 2.11 bits per heavy atom. The topological polar surface area (TPSA) is 139 Å². The molecule has 1 aromatic heterocycles. The van der Waals surface area contributed by atoms with Crippen LogP contribution in [0, 0.1) is 10.1 Å². The molecule has 0 aliphatic rings. The highest BCUT2D eigenvalue weighted by molar-refractivity contribution is 5.96. The second-order valence-corrected chi connectivity index (χ2v) is 6.05. The van der Waals surface area contributed by atoms with Crippen LogP contribution in [0.4, 0.5) is 11.5 Å². The van der Waals surface area contributed by atoms with Crippen molar-refractivity contribution in [3.05, 3.63) is 50.4 Å².